The molecule has 0 radical (unpaired) electrons. The van der Waals surface area contributed by atoms with Crippen molar-refractivity contribution in [1.29, 1.82) is 0 Å². The number of carbonyl (C=O) groups is 2. The molecule has 0 aliphatic heterocycles. The van der Waals surface area contributed by atoms with Crippen molar-refractivity contribution in [3.63, 3.8) is 0 Å². The van der Waals surface area contributed by atoms with E-state index < -0.39 is 12.0 Å². The Kier molecular flexibility index (Phi) is 3.94. The van der Waals surface area contributed by atoms with E-state index in [0.717, 1.165) is 0 Å². The molecule has 0 bridgehead atoms. The summed E-state index contributed by atoms with van der Waals surface area (Å²) in [6.45, 7) is 1.83. The number of H-pyrrole nitrogens is 1. The molecule has 0 spiro atoms. The predicted molar refractivity (Wildman–Crippen MR) is 70.4 cm³/mol. The van der Waals surface area contributed by atoms with Crippen LogP contribution in [0.2, 0.25) is 0 Å². The van der Waals surface area contributed by atoms with E-state index in [1.54, 1.807) is 19.1 Å². The van der Waals surface area contributed by atoms with E-state index in [-0.39, 0.29) is 12.1 Å². The number of hydrogen-bond acceptors (Lipinski definition) is 4. The van der Waals surface area contributed by atoms with E-state index in [9.17, 15) is 9.59 Å². The molecule has 20 heavy (non-hydrogen) atoms. The Morgan fingerprint density at radius 1 is 1.40 bits per heavy atom. The van der Waals surface area contributed by atoms with Crippen molar-refractivity contribution in [2.24, 2.45) is 0 Å². The Balaban J connectivity index is 2.01. The van der Waals surface area contributed by atoms with Gasteiger partial charge in [-0.05, 0) is 24.6 Å². The fourth-order valence-corrected chi connectivity index (χ4v) is 1.65. The number of aromatic nitrogens is 3. The fourth-order valence-electron chi connectivity index (χ4n) is 1.65. The highest BCUT2D eigenvalue weighted by molar-refractivity contribution is 5.95. The number of carboxylic acids is 1. The van der Waals surface area contributed by atoms with Crippen LogP contribution in [0.15, 0.2) is 24.5 Å². The monoisotopic (exact) mass is 275 g/mol. The molecule has 0 aliphatic rings. The molecule has 1 aromatic heterocycles. The van der Waals surface area contributed by atoms with E-state index in [2.05, 4.69) is 25.8 Å². The third kappa shape index (κ3) is 3.10. The highest BCUT2D eigenvalue weighted by Crippen LogP contribution is 2.18. The number of amides is 2. The van der Waals surface area contributed by atoms with Crippen LogP contribution in [0.3, 0.4) is 0 Å². The number of carboxylic acid groups (broad SMARTS) is 1. The Labute approximate surface area is 114 Å². The number of benzene rings is 1. The Morgan fingerprint density at radius 2 is 2.20 bits per heavy atom. The average Bonchev–Trinajstić information content (AvgIpc) is 2.91. The maximum absolute atomic E-state index is 11.7. The third-order valence-corrected chi connectivity index (χ3v) is 2.69. The summed E-state index contributed by atoms with van der Waals surface area (Å²) in [6.07, 6.45) is 1.34. The van der Waals surface area contributed by atoms with E-state index in [0.29, 0.717) is 17.1 Å². The molecule has 104 valence electrons. The standard InChI is InChI=1S/C12H13N5O3/c1-7-8(11(18)19)3-2-4-9(7)16-12(20)13-5-10-14-6-15-17-10/h2-4,6H,5H2,1H3,(H,18,19)(H2,13,16,20)(H,14,15,17). The average molecular weight is 275 g/mol. The number of nitrogens with one attached hydrogen (secondary N) is 3. The maximum atomic E-state index is 11.7. The molecule has 0 aliphatic carbocycles. The van der Waals surface area contributed by atoms with Crippen molar-refractivity contribution in [2.75, 3.05) is 5.32 Å². The second kappa shape index (κ2) is 5.83. The number of aromatic amines is 1. The van der Waals surface area contributed by atoms with Crippen molar-refractivity contribution >= 4 is 17.7 Å². The van der Waals surface area contributed by atoms with Crippen LogP contribution in [-0.4, -0.2) is 32.3 Å². The van der Waals surface area contributed by atoms with Crippen LogP contribution in [0.4, 0.5) is 10.5 Å². The SMILES string of the molecule is Cc1c(NC(=O)NCc2ncn[nH]2)cccc1C(=O)O. The highest BCUT2D eigenvalue weighted by Gasteiger charge is 2.11. The van der Waals surface area contributed by atoms with Crippen LogP contribution < -0.4 is 10.6 Å². The molecule has 0 atom stereocenters. The molecule has 2 aromatic rings. The first-order valence-electron chi connectivity index (χ1n) is 5.80. The van der Waals surface area contributed by atoms with Crippen LogP contribution in [0, 0.1) is 6.92 Å². The van der Waals surface area contributed by atoms with Crippen LogP contribution in [0.5, 0.6) is 0 Å². The summed E-state index contributed by atoms with van der Waals surface area (Å²) in [6, 6.07) is 4.24. The van der Waals surface area contributed by atoms with Crippen molar-refractivity contribution in [3.8, 4) is 0 Å². The van der Waals surface area contributed by atoms with Crippen molar-refractivity contribution in [1.82, 2.24) is 20.5 Å². The topological polar surface area (TPSA) is 120 Å². The largest absolute Gasteiger partial charge is 0.478 e. The molecule has 0 saturated heterocycles. The van der Waals surface area contributed by atoms with Gasteiger partial charge in [-0.2, -0.15) is 5.10 Å². The zero-order valence-electron chi connectivity index (χ0n) is 10.7. The van der Waals surface area contributed by atoms with Crippen molar-refractivity contribution < 1.29 is 14.7 Å². The van der Waals surface area contributed by atoms with E-state index >= 15 is 0 Å². The molecular formula is C12H13N5O3. The van der Waals surface area contributed by atoms with Crippen molar-refractivity contribution in [2.45, 2.75) is 13.5 Å². The van der Waals surface area contributed by atoms with Gasteiger partial charge in [-0.1, -0.05) is 6.07 Å². The minimum absolute atomic E-state index is 0.151. The molecule has 8 nitrogen and oxygen atoms in total. The van der Waals surface area contributed by atoms with Gasteiger partial charge in [0.05, 0.1) is 12.1 Å². The lowest BCUT2D eigenvalue weighted by molar-refractivity contribution is 0.0696. The number of urea groups is 1. The lowest BCUT2D eigenvalue weighted by atomic mass is 10.1. The Hall–Kier alpha value is -2.90. The normalized spacial score (nSPS) is 10.1. The lowest BCUT2D eigenvalue weighted by Crippen LogP contribution is -2.29. The van der Waals surface area contributed by atoms with Gasteiger partial charge < -0.3 is 15.7 Å². The quantitative estimate of drug-likeness (QED) is 0.666. The molecule has 1 heterocycles. The molecule has 8 heteroatoms. The molecule has 2 rings (SSSR count). The van der Waals surface area contributed by atoms with Gasteiger partial charge >= 0.3 is 12.0 Å². The molecule has 4 N–H and O–H groups in total. The van der Waals surface area contributed by atoms with Gasteiger partial charge in [0.25, 0.3) is 0 Å². The van der Waals surface area contributed by atoms with E-state index in [4.69, 9.17) is 5.11 Å². The summed E-state index contributed by atoms with van der Waals surface area (Å²) in [4.78, 5) is 26.6. The second-order valence-electron chi connectivity index (χ2n) is 4.02. The molecule has 0 fully saturated rings. The number of hydrogen-bond donors (Lipinski definition) is 4. The smallest absolute Gasteiger partial charge is 0.336 e. The van der Waals surface area contributed by atoms with Crippen LogP contribution >= 0.6 is 0 Å². The van der Waals surface area contributed by atoms with Crippen LogP contribution in [-0.2, 0) is 6.54 Å². The van der Waals surface area contributed by atoms with Crippen LogP contribution in [0.25, 0.3) is 0 Å². The summed E-state index contributed by atoms with van der Waals surface area (Å²) in [7, 11) is 0. The zero-order chi connectivity index (χ0) is 14.5. The number of carbonyl (C=O) groups excluding carboxylic acids is 1. The molecule has 0 saturated carbocycles. The molecular weight excluding hydrogens is 262 g/mol. The van der Waals surface area contributed by atoms with Gasteiger partial charge in [0.15, 0.2) is 0 Å². The maximum Gasteiger partial charge on any atom is 0.336 e. The van der Waals surface area contributed by atoms with Crippen molar-refractivity contribution in [3.05, 3.63) is 41.5 Å². The number of anilines is 1. The predicted octanol–water partition coefficient (Wildman–Crippen LogP) is 1.13. The highest BCUT2D eigenvalue weighted by atomic mass is 16.4. The van der Waals surface area contributed by atoms with Gasteiger partial charge in [0, 0.05) is 5.69 Å². The number of nitrogens with zero attached hydrogens (tertiary/aromatic N) is 2. The lowest BCUT2D eigenvalue weighted by Gasteiger charge is -2.10. The third-order valence-electron chi connectivity index (χ3n) is 2.69. The first-order valence-corrected chi connectivity index (χ1v) is 5.80. The summed E-state index contributed by atoms with van der Waals surface area (Å²) >= 11 is 0. The first kappa shape index (κ1) is 13.5. The van der Waals surface area contributed by atoms with E-state index in [1.165, 1.54) is 12.4 Å². The summed E-state index contributed by atoms with van der Waals surface area (Å²) in [5, 5.41) is 20.4. The number of rotatable bonds is 4. The fraction of sp³-hybridized carbons (Fsp3) is 0.167. The van der Waals surface area contributed by atoms with Gasteiger partial charge in [-0.3, -0.25) is 5.10 Å². The summed E-state index contributed by atoms with van der Waals surface area (Å²) < 4.78 is 0. The number of aromatic carboxylic acids is 1. The molecule has 0 unspecified atom stereocenters. The van der Waals surface area contributed by atoms with E-state index in [1.807, 2.05) is 0 Å². The first-order chi connectivity index (χ1) is 9.58. The minimum atomic E-state index is -1.03. The molecule has 1 aromatic carbocycles. The van der Waals surface area contributed by atoms with Gasteiger partial charge in [0.1, 0.15) is 12.2 Å². The summed E-state index contributed by atoms with van der Waals surface area (Å²) in [5.74, 6) is -0.510. The Bertz CT molecular complexity index is 624. The van der Waals surface area contributed by atoms with Crippen LogP contribution in [0.1, 0.15) is 21.7 Å². The van der Waals surface area contributed by atoms with Gasteiger partial charge in [-0.15, -0.1) is 0 Å². The van der Waals surface area contributed by atoms with Gasteiger partial charge in [-0.25, -0.2) is 14.6 Å². The molecule has 2 amide bonds. The zero-order valence-corrected chi connectivity index (χ0v) is 10.7. The van der Waals surface area contributed by atoms with Gasteiger partial charge in [0.2, 0.25) is 0 Å². The second-order valence-corrected chi connectivity index (χ2v) is 4.02. The minimum Gasteiger partial charge on any atom is -0.478 e. The summed E-state index contributed by atoms with van der Waals surface area (Å²) in [5.41, 5.74) is 1.09. The Morgan fingerprint density at radius 3 is 2.85 bits per heavy atom.